The van der Waals surface area contributed by atoms with Crippen LogP contribution in [0.2, 0.25) is 0 Å². The molecule has 0 N–H and O–H groups in total. The Bertz CT molecular complexity index is 1140. The van der Waals surface area contributed by atoms with Gasteiger partial charge in [0.15, 0.2) is 11.0 Å². The van der Waals surface area contributed by atoms with Gasteiger partial charge in [-0.05, 0) is 24.1 Å². The smallest absolute Gasteiger partial charge is 0.269 e. The number of non-ortho nitro benzene ring substituents is 1. The Morgan fingerprint density at radius 3 is 2.59 bits per heavy atom. The number of nitro groups is 1. The number of nitro benzene ring substituents is 1. The first-order valence-electron chi connectivity index (χ1n) is 8.99. The first-order valence-corrected chi connectivity index (χ1v) is 9.98. The Morgan fingerprint density at radius 1 is 1.07 bits per heavy atom. The van der Waals surface area contributed by atoms with E-state index in [0.717, 1.165) is 33.4 Å². The fourth-order valence-corrected chi connectivity index (χ4v) is 3.91. The van der Waals surface area contributed by atoms with E-state index >= 15 is 0 Å². The fraction of sp³-hybridized carbons (Fsp3) is 0.143. The topological polar surface area (TPSA) is 87.0 Å². The largest absolute Gasteiger partial charge is 0.469 e. The summed E-state index contributed by atoms with van der Waals surface area (Å²) in [5.41, 5.74) is 2.98. The zero-order valence-electron chi connectivity index (χ0n) is 15.7. The van der Waals surface area contributed by atoms with Crippen molar-refractivity contribution in [1.29, 1.82) is 0 Å². The lowest BCUT2D eigenvalue weighted by Gasteiger charge is -2.10. The second kappa shape index (κ2) is 8.32. The third-order valence-corrected chi connectivity index (χ3v) is 5.53. The van der Waals surface area contributed by atoms with Gasteiger partial charge in [0.2, 0.25) is 0 Å². The maximum Gasteiger partial charge on any atom is 0.269 e. The average molecular weight is 406 g/mol. The van der Waals surface area contributed by atoms with Crippen LogP contribution in [-0.2, 0) is 12.3 Å². The summed E-state index contributed by atoms with van der Waals surface area (Å²) in [6, 6.07) is 18.6. The van der Waals surface area contributed by atoms with Crippen molar-refractivity contribution in [3.05, 3.63) is 93.9 Å². The Labute approximate surface area is 171 Å². The van der Waals surface area contributed by atoms with E-state index in [1.165, 1.54) is 17.8 Å². The molecule has 0 unspecified atom stereocenters. The van der Waals surface area contributed by atoms with Gasteiger partial charge in [-0.15, -0.1) is 10.2 Å². The lowest BCUT2D eigenvalue weighted by Crippen LogP contribution is -2.04. The van der Waals surface area contributed by atoms with Crippen LogP contribution in [0, 0.1) is 17.0 Å². The van der Waals surface area contributed by atoms with Crippen LogP contribution in [0.25, 0.3) is 11.4 Å². The molecule has 8 heteroatoms. The highest BCUT2D eigenvalue weighted by molar-refractivity contribution is 7.98. The molecule has 2 aromatic carbocycles. The average Bonchev–Trinajstić information content (AvgIpc) is 3.33. The van der Waals surface area contributed by atoms with E-state index in [2.05, 4.69) is 26.9 Å². The van der Waals surface area contributed by atoms with Crippen LogP contribution in [0.15, 0.2) is 76.5 Å². The zero-order valence-corrected chi connectivity index (χ0v) is 16.5. The minimum atomic E-state index is -0.383. The van der Waals surface area contributed by atoms with E-state index in [1.54, 1.807) is 18.4 Å². The van der Waals surface area contributed by atoms with Gasteiger partial charge in [-0.3, -0.25) is 14.7 Å². The molecule has 0 aliphatic rings. The number of aryl methyl sites for hydroxylation is 1. The molecule has 0 bridgehead atoms. The zero-order chi connectivity index (χ0) is 20.2. The van der Waals surface area contributed by atoms with Crippen molar-refractivity contribution in [2.24, 2.45) is 0 Å². The molecule has 2 heterocycles. The minimum absolute atomic E-state index is 0.0866. The summed E-state index contributed by atoms with van der Waals surface area (Å²) < 4.78 is 7.50. The molecular formula is C21H18N4O3S. The summed E-state index contributed by atoms with van der Waals surface area (Å²) in [5.74, 6) is 2.07. The maximum absolute atomic E-state index is 11.0. The summed E-state index contributed by atoms with van der Waals surface area (Å²) in [5, 5.41) is 20.5. The predicted octanol–water partition coefficient (Wildman–Crippen LogP) is 5.10. The highest BCUT2D eigenvalue weighted by atomic mass is 32.2. The Balaban J connectivity index is 1.64. The quantitative estimate of drug-likeness (QED) is 0.241. The molecule has 0 amide bonds. The maximum atomic E-state index is 11.0. The van der Waals surface area contributed by atoms with Crippen molar-refractivity contribution >= 4 is 17.4 Å². The van der Waals surface area contributed by atoms with E-state index in [-0.39, 0.29) is 10.6 Å². The predicted molar refractivity (Wildman–Crippen MR) is 111 cm³/mol. The monoisotopic (exact) mass is 406 g/mol. The van der Waals surface area contributed by atoms with Crippen LogP contribution in [-0.4, -0.2) is 19.7 Å². The number of hydrogen-bond donors (Lipinski definition) is 0. The molecule has 0 saturated heterocycles. The summed E-state index contributed by atoms with van der Waals surface area (Å²) >= 11 is 1.50. The number of furan rings is 1. The third-order valence-electron chi connectivity index (χ3n) is 4.49. The lowest BCUT2D eigenvalue weighted by molar-refractivity contribution is -0.384. The molecule has 2 aromatic heterocycles. The Hall–Kier alpha value is -3.39. The van der Waals surface area contributed by atoms with Crippen LogP contribution >= 0.6 is 11.8 Å². The number of hydrogen-bond acceptors (Lipinski definition) is 6. The standard InChI is InChI=1S/C21H18N4O3S/c1-15-19(10-11-28-15)20-22-23-21(24(20)13-16-6-3-2-4-7-16)29-14-17-8-5-9-18(12-17)25(26)27/h2-12H,13-14H2,1H3. The molecule has 0 radical (unpaired) electrons. The normalized spacial score (nSPS) is 10.9. The highest BCUT2D eigenvalue weighted by Gasteiger charge is 2.18. The van der Waals surface area contributed by atoms with Gasteiger partial charge in [-0.2, -0.15) is 0 Å². The van der Waals surface area contributed by atoms with E-state index in [1.807, 2.05) is 37.3 Å². The molecule has 0 aliphatic heterocycles. The van der Waals surface area contributed by atoms with Crippen LogP contribution in [0.5, 0.6) is 0 Å². The molecule has 29 heavy (non-hydrogen) atoms. The first kappa shape index (κ1) is 18.9. The number of benzene rings is 2. The highest BCUT2D eigenvalue weighted by Crippen LogP contribution is 2.30. The summed E-state index contributed by atoms with van der Waals surface area (Å²) in [6.07, 6.45) is 1.64. The van der Waals surface area contributed by atoms with Crippen molar-refractivity contribution in [2.45, 2.75) is 24.4 Å². The molecular weight excluding hydrogens is 388 g/mol. The van der Waals surface area contributed by atoms with Crippen molar-refractivity contribution in [3.8, 4) is 11.4 Å². The van der Waals surface area contributed by atoms with Gasteiger partial charge in [0.05, 0.1) is 23.3 Å². The van der Waals surface area contributed by atoms with Crippen LogP contribution in [0.3, 0.4) is 0 Å². The molecule has 0 saturated carbocycles. The molecule has 4 aromatic rings. The summed E-state index contributed by atoms with van der Waals surface area (Å²) in [6.45, 7) is 2.51. The molecule has 0 atom stereocenters. The minimum Gasteiger partial charge on any atom is -0.469 e. The number of thioether (sulfide) groups is 1. The molecule has 0 fully saturated rings. The lowest BCUT2D eigenvalue weighted by atomic mass is 10.2. The molecule has 4 rings (SSSR count). The number of nitrogens with zero attached hydrogens (tertiary/aromatic N) is 4. The Morgan fingerprint density at radius 2 is 1.86 bits per heavy atom. The van der Waals surface area contributed by atoms with Gasteiger partial charge in [0.1, 0.15) is 5.76 Å². The van der Waals surface area contributed by atoms with Gasteiger partial charge in [0.25, 0.3) is 5.69 Å². The van der Waals surface area contributed by atoms with Crippen LogP contribution < -0.4 is 0 Å². The van der Waals surface area contributed by atoms with Crippen molar-refractivity contribution in [2.75, 3.05) is 0 Å². The second-order valence-corrected chi connectivity index (χ2v) is 7.43. The van der Waals surface area contributed by atoms with E-state index < -0.39 is 0 Å². The fourth-order valence-electron chi connectivity index (χ4n) is 3.03. The molecule has 7 nitrogen and oxygen atoms in total. The number of rotatable bonds is 7. The van der Waals surface area contributed by atoms with Crippen molar-refractivity contribution < 1.29 is 9.34 Å². The summed E-state index contributed by atoms with van der Waals surface area (Å²) in [7, 11) is 0. The van der Waals surface area contributed by atoms with E-state index in [4.69, 9.17) is 4.42 Å². The van der Waals surface area contributed by atoms with Gasteiger partial charge in [-0.25, -0.2) is 0 Å². The summed E-state index contributed by atoms with van der Waals surface area (Å²) in [4.78, 5) is 10.6. The van der Waals surface area contributed by atoms with Crippen molar-refractivity contribution in [1.82, 2.24) is 14.8 Å². The van der Waals surface area contributed by atoms with Crippen LogP contribution in [0.4, 0.5) is 5.69 Å². The third kappa shape index (κ3) is 4.22. The second-order valence-electron chi connectivity index (χ2n) is 6.48. The van der Waals surface area contributed by atoms with Crippen LogP contribution in [0.1, 0.15) is 16.9 Å². The molecule has 146 valence electrons. The Kier molecular flexibility index (Phi) is 5.44. The van der Waals surface area contributed by atoms with Gasteiger partial charge >= 0.3 is 0 Å². The SMILES string of the molecule is Cc1occc1-c1nnc(SCc2cccc([N+](=O)[O-])c2)n1Cc1ccccc1. The first-order chi connectivity index (χ1) is 14.1. The molecule has 0 aliphatic carbocycles. The van der Waals surface area contributed by atoms with Gasteiger partial charge < -0.3 is 4.42 Å². The van der Waals surface area contributed by atoms with E-state index in [0.29, 0.717) is 12.3 Å². The molecule has 0 spiro atoms. The van der Waals surface area contributed by atoms with E-state index in [9.17, 15) is 10.1 Å². The van der Waals surface area contributed by atoms with Crippen molar-refractivity contribution in [3.63, 3.8) is 0 Å². The van der Waals surface area contributed by atoms with Gasteiger partial charge in [0, 0.05) is 17.9 Å². The van der Waals surface area contributed by atoms with Gasteiger partial charge in [-0.1, -0.05) is 54.2 Å². The number of aromatic nitrogens is 3.